The molecule has 0 aliphatic carbocycles. The Hall–Kier alpha value is -0.830. The third kappa shape index (κ3) is 3.14. The van der Waals surface area contributed by atoms with Gasteiger partial charge in [-0.15, -0.1) is 11.3 Å². The molecule has 0 radical (unpaired) electrons. The van der Waals surface area contributed by atoms with Crippen LogP contribution < -0.4 is 0 Å². The van der Waals surface area contributed by atoms with Gasteiger partial charge in [0.1, 0.15) is 0 Å². The van der Waals surface area contributed by atoms with E-state index in [0.717, 1.165) is 43.6 Å². The van der Waals surface area contributed by atoms with Gasteiger partial charge in [-0.3, -0.25) is 4.79 Å². The molecule has 0 aromatic carbocycles. The highest BCUT2D eigenvalue weighted by molar-refractivity contribution is 7.14. The van der Waals surface area contributed by atoms with Crippen molar-refractivity contribution in [1.29, 1.82) is 0 Å². The standard InChI is InChI=1S/C15H23NOS/c1-3-8-13-11-14(18-12(13)2)15(17)16-9-6-4-5-7-10-16/h11H,3-10H2,1-2H3. The van der Waals surface area contributed by atoms with Crippen LogP contribution in [0.2, 0.25) is 0 Å². The lowest BCUT2D eigenvalue weighted by Crippen LogP contribution is -2.31. The molecule has 1 saturated heterocycles. The number of hydrogen-bond donors (Lipinski definition) is 0. The molecule has 18 heavy (non-hydrogen) atoms. The van der Waals surface area contributed by atoms with Crippen LogP contribution in [0.5, 0.6) is 0 Å². The molecular formula is C15H23NOS. The van der Waals surface area contributed by atoms with Gasteiger partial charge in [-0.2, -0.15) is 0 Å². The van der Waals surface area contributed by atoms with Gasteiger partial charge in [0, 0.05) is 18.0 Å². The Kier molecular flexibility index (Phi) is 4.81. The number of likely N-dealkylation sites (tertiary alicyclic amines) is 1. The van der Waals surface area contributed by atoms with Gasteiger partial charge in [0.05, 0.1) is 4.88 Å². The Morgan fingerprint density at radius 1 is 1.28 bits per heavy atom. The fourth-order valence-electron chi connectivity index (χ4n) is 2.57. The molecule has 0 unspecified atom stereocenters. The highest BCUT2D eigenvalue weighted by Crippen LogP contribution is 2.25. The largest absolute Gasteiger partial charge is 0.338 e. The van der Waals surface area contributed by atoms with Crippen LogP contribution in [0.25, 0.3) is 0 Å². The first-order valence-electron chi connectivity index (χ1n) is 7.11. The number of rotatable bonds is 3. The van der Waals surface area contributed by atoms with Gasteiger partial charge in [0.25, 0.3) is 5.91 Å². The number of nitrogens with zero attached hydrogens (tertiary/aromatic N) is 1. The monoisotopic (exact) mass is 265 g/mol. The summed E-state index contributed by atoms with van der Waals surface area (Å²) < 4.78 is 0. The fourth-order valence-corrected chi connectivity index (χ4v) is 3.61. The van der Waals surface area contributed by atoms with E-state index < -0.39 is 0 Å². The summed E-state index contributed by atoms with van der Waals surface area (Å²) in [6.07, 6.45) is 7.11. The SMILES string of the molecule is CCCc1cc(C(=O)N2CCCCCC2)sc1C. The zero-order valence-electron chi connectivity index (χ0n) is 11.5. The number of hydrogen-bond acceptors (Lipinski definition) is 2. The van der Waals surface area contributed by atoms with Crippen molar-refractivity contribution in [2.24, 2.45) is 0 Å². The second kappa shape index (κ2) is 6.37. The van der Waals surface area contributed by atoms with E-state index in [9.17, 15) is 4.79 Å². The first-order valence-corrected chi connectivity index (χ1v) is 7.92. The molecule has 2 nitrogen and oxygen atoms in total. The summed E-state index contributed by atoms with van der Waals surface area (Å²) in [6.45, 7) is 6.21. The van der Waals surface area contributed by atoms with Gasteiger partial charge in [-0.25, -0.2) is 0 Å². The zero-order chi connectivity index (χ0) is 13.0. The maximum absolute atomic E-state index is 12.5. The van der Waals surface area contributed by atoms with Crippen molar-refractivity contribution in [2.75, 3.05) is 13.1 Å². The highest BCUT2D eigenvalue weighted by atomic mass is 32.1. The van der Waals surface area contributed by atoms with Crippen molar-refractivity contribution in [3.8, 4) is 0 Å². The third-order valence-corrected chi connectivity index (χ3v) is 4.72. The summed E-state index contributed by atoms with van der Waals surface area (Å²) >= 11 is 1.67. The molecule has 1 aliphatic rings. The molecule has 3 heteroatoms. The minimum absolute atomic E-state index is 0.257. The van der Waals surface area contributed by atoms with Crippen LogP contribution in [-0.4, -0.2) is 23.9 Å². The Morgan fingerprint density at radius 3 is 2.56 bits per heavy atom. The Bertz CT molecular complexity index is 403. The molecule has 1 amide bonds. The molecule has 1 aromatic rings. The quantitative estimate of drug-likeness (QED) is 0.808. The smallest absolute Gasteiger partial charge is 0.263 e. The maximum Gasteiger partial charge on any atom is 0.263 e. The molecule has 1 aromatic heterocycles. The first kappa shape index (κ1) is 13.6. The van der Waals surface area contributed by atoms with Crippen molar-refractivity contribution in [3.63, 3.8) is 0 Å². The molecule has 0 N–H and O–H groups in total. The van der Waals surface area contributed by atoms with Crippen molar-refractivity contribution < 1.29 is 4.79 Å². The van der Waals surface area contributed by atoms with Gasteiger partial charge in [0.15, 0.2) is 0 Å². The number of amides is 1. The number of thiophene rings is 1. The Labute approximate surface area is 114 Å². The fraction of sp³-hybridized carbons (Fsp3) is 0.667. The minimum Gasteiger partial charge on any atom is -0.338 e. The van der Waals surface area contributed by atoms with E-state index in [4.69, 9.17) is 0 Å². The van der Waals surface area contributed by atoms with Crippen molar-refractivity contribution in [2.45, 2.75) is 52.4 Å². The number of aryl methyl sites for hydroxylation is 2. The van der Waals surface area contributed by atoms with Crippen LogP contribution in [0.4, 0.5) is 0 Å². The second-order valence-corrected chi connectivity index (χ2v) is 6.40. The van der Waals surface area contributed by atoms with Crippen LogP contribution in [-0.2, 0) is 6.42 Å². The van der Waals surface area contributed by atoms with Crippen molar-refractivity contribution in [1.82, 2.24) is 4.90 Å². The first-order chi connectivity index (χ1) is 8.72. The lowest BCUT2D eigenvalue weighted by molar-refractivity contribution is 0.0766. The van der Waals surface area contributed by atoms with Gasteiger partial charge in [-0.05, 0) is 37.8 Å². The summed E-state index contributed by atoms with van der Waals surface area (Å²) in [7, 11) is 0. The molecule has 0 atom stereocenters. The lowest BCUT2D eigenvalue weighted by Gasteiger charge is -2.19. The molecule has 0 bridgehead atoms. The average Bonchev–Trinajstić information content (AvgIpc) is 2.58. The van der Waals surface area contributed by atoms with Gasteiger partial charge in [-0.1, -0.05) is 26.2 Å². The van der Waals surface area contributed by atoms with E-state index in [1.54, 1.807) is 11.3 Å². The van der Waals surface area contributed by atoms with Crippen LogP contribution in [0, 0.1) is 6.92 Å². The summed E-state index contributed by atoms with van der Waals surface area (Å²) in [5, 5.41) is 0. The highest BCUT2D eigenvalue weighted by Gasteiger charge is 2.19. The van der Waals surface area contributed by atoms with E-state index >= 15 is 0 Å². The van der Waals surface area contributed by atoms with Crippen molar-refractivity contribution in [3.05, 3.63) is 21.4 Å². The lowest BCUT2D eigenvalue weighted by atomic mass is 10.1. The predicted octanol–water partition coefficient (Wildman–Crippen LogP) is 4.03. The van der Waals surface area contributed by atoms with E-state index in [2.05, 4.69) is 19.9 Å². The normalized spacial score (nSPS) is 16.7. The zero-order valence-corrected chi connectivity index (χ0v) is 12.3. The van der Waals surface area contributed by atoms with Crippen LogP contribution in [0.3, 0.4) is 0 Å². The minimum atomic E-state index is 0.257. The van der Waals surface area contributed by atoms with Crippen LogP contribution in [0.15, 0.2) is 6.07 Å². The number of carbonyl (C=O) groups excluding carboxylic acids is 1. The van der Waals surface area contributed by atoms with Crippen molar-refractivity contribution >= 4 is 17.2 Å². The Morgan fingerprint density at radius 2 is 1.94 bits per heavy atom. The summed E-state index contributed by atoms with van der Waals surface area (Å²) in [5.74, 6) is 0.257. The van der Waals surface area contributed by atoms with E-state index in [0.29, 0.717) is 0 Å². The van der Waals surface area contributed by atoms with E-state index in [-0.39, 0.29) is 5.91 Å². The molecule has 1 fully saturated rings. The second-order valence-electron chi connectivity index (χ2n) is 5.15. The van der Waals surface area contributed by atoms with Gasteiger partial charge >= 0.3 is 0 Å². The molecule has 0 saturated carbocycles. The van der Waals surface area contributed by atoms with Crippen LogP contribution >= 0.6 is 11.3 Å². The van der Waals surface area contributed by atoms with Gasteiger partial charge < -0.3 is 4.90 Å². The van der Waals surface area contributed by atoms with Crippen LogP contribution in [0.1, 0.15) is 59.1 Å². The average molecular weight is 265 g/mol. The summed E-state index contributed by atoms with van der Waals surface area (Å²) in [4.78, 5) is 16.8. The molecule has 100 valence electrons. The summed E-state index contributed by atoms with van der Waals surface area (Å²) in [5.41, 5.74) is 1.36. The molecule has 1 aliphatic heterocycles. The summed E-state index contributed by atoms with van der Waals surface area (Å²) in [6, 6.07) is 2.12. The maximum atomic E-state index is 12.5. The topological polar surface area (TPSA) is 20.3 Å². The predicted molar refractivity (Wildman–Crippen MR) is 77.4 cm³/mol. The van der Waals surface area contributed by atoms with E-state index in [1.165, 1.54) is 23.3 Å². The molecule has 0 spiro atoms. The van der Waals surface area contributed by atoms with E-state index in [1.807, 2.05) is 4.90 Å². The Balaban J connectivity index is 2.09. The molecule has 2 rings (SSSR count). The molecule has 2 heterocycles. The number of carbonyl (C=O) groups is 1. The van der Waals surface area contributed by atoms with Gasteiger partial charge in [0.2, 0.25) is 0 Å². The molecular weight excluding hydrogens is 242 g/mol. The third-order valence-electron chi connectivity index (χ3n) is 3.64.